The molecule has 10 heteroatoms. The topological polar surface area (TPSA) is 57.0 Å². The average molecular weight is 416 g/mol. The van der Waals surface area contributed by atoms with Gasteiger partial charge in [0.1, 0.15) is 5.75 Å². The van der Waals surface area contributed by atoms with Crippen LogP contribution in [0, 0.1) is 6.92 Å². The van der Waals surface area contributed by atoms with Gasteiger partial charge >= 0.3 is 6.18 Å². The van der Waals surface area contributed by atoms with Crippen LogP contribution in [-0.4, -0.2) is 14.8 Å². The van der Waals surface area contributed by atoms with Crippen LogP contribution in [0.5, 0.6) is 11.5 Å². The lowest BCUT2D eigenvalue weighted by Crippen LogP contribution is -2.23. The molecule has 27 heavy (non-hydrogen) atoms. The maximum Gasteiger partial charge on any atom is 0.417 e. The number of hydrogen-bond acceptors (Lipinski definition) is 4. The molecule has 1 aromatic carbocycles. The van der Waals surface area contributed by atoms with Gasteiger partial charge in [-0.3, -0.25) is 4.79 Å². The van der Waals surface area contributed by atoms with Crippen LogP contribution in [0.1, 0.15) is 11.1 Å². The third-order valence-corrected chi connectivity index (χ3v) is 4.15. The van der Waals surface area contributed by atoms with Crippen molar-refractivity contribution in [2.45, 2.75) is 13.1 Å². The zero-order valence-corrected chi connectivity index (χ0v) is 15.1. The minimum atomic E-state index is -4.54. The molecule has 0 saturated carbocycles. The Kier molecular flexibility index (Phi) is 5.12. The van der Waals surface area contributed by atoms with Crippen LogP contribution in [0.25, 0.3) is 5.82 Å². The van der Waals surface area contributed by atoms with Crippen molar-refractivity contribution in [2.75, 3.05) is 0 Å². The number of alkyl halides is 3. The molecule has 0 aliphatic heterocycles. The van der Waals surface area contributed by atoms with Gasteiger partial charge in [0.15, 0.2) is 16.6 Å². The zero-order chi connectivity index (χ0) is 19.8. The van der Waals surface area contributed by atoms with Crippen molar-refractivity contribution in [3.05, 3.63) is 74.3 Å². The lowest BCUT2D eigenvalue weighted by molar-refractivity contribution is -0.137. The van der Waals surface area contributed by atoms with Crippen LogP contribution < -0.4 is 10.3 Å². The van der Waals surface area contributed by atoms with Gasteiger partial charge in [0.25, 0.3) is 5.56 Å². The SMILES string of the molecule is Cc1ccc(Cl)c(Oc2cnn(-c3ccc(C(F)(F)F)cn3)c(=O)c2Cl)c1. The van der Waals surface area contributed by atoms with Crippen molar-refractivity contribution in [3.8, 4) is 17.3 Å². The Labute approximate surface area is 160 Å². The molecule has 0 bridgehead atoms. The zero-order valence-electron chi connectivity index (χ0n) is 13.6. The maximum atomic E-state index is 12.6. The van der Waals surface area contributed by atoms with Gasteiger partial charge < -0.3 is 4.74 Å². The van der Waals surface area contributed by atoms with Crippen LogP contribution in [0.3, 0.4) is 0 Å². The summed E-state index contributed by atoms with van der Waals surface area (Å²) in [4.78, 5) is 16.0. The largest absolute Gasteiger partial charge is 0.452 e. The fourth-order valence-corrected chi connectivity index (χ4v) is 2.46. The van der Waals surface area contributed by atoms with E-state index < -0.39 is 17.3 Å². The van der Waals surface area contributed by atoms with E-state index in [0.29, 0.717) is 11.2 Å². The number of ether oxygens (including phenoxy) is 1. The van der Waals surface area contributed by atoms with Crippen LogP contribution >= 0.6 is 23.2 Å². The highest BCUT2D eigenvalue weighted by Gasteiger charge is 2.30. The second kappa shape index (κ2) is 7.21. The smallest absolute Gasteiger partial charge is 0.417 e. The summed E-state index contributed by atoms with van der Waals surface area (Å²) in [7, 11) is 0. The predicted molar refractivity (Wildman–Crippen MR) is 93.9 cm³/mol. The minimum absolute atomic E-state index is 0.0441. The first-order valence-electron chi connectivity index (χ1n) is 7.42. The Morgan fingerprint density at radius 1 is 1.07 bits per heavy atom. The van der Waals surface area contributed by atoms with Gasteiger partial charge in [-0.25, -0.2) is 4.98 Å². The van der Waals surface area contributed by atoms with Gasteiger partial charge in [0.05, 0.1) is 16.8 Å². The molecule has 0 amide bonds. The van der Waals surface area contributed by atoms with E-state index in [1.807, 2.05) is 6.92 Å². The molecule has 2 heterocycles. The van der Waals surface area contributed by atoms with Crippen LogP contribution in [0.2, 0.25) is 10.0 Å². The van der Waals surface area contributed by atoms with E-state index in [-0.39, 0.29) is 22.3 Å². The molecule has 0 N–H and O–H groups in total. The summed E-state index contributed by atoms with van der Waals surface area (Å²) in [5.41, 5.74) is -0.870. The molecule has 0 saturated heterocycles. The van der Waals surface area contributed by atoms with Gasteiger partial charge in [-0.2, -0.15) is 23.0 Å². The molecule has 5 nitrogen and oxygen atoms in total. The van der Waals surface area contributed by atoms with Crippen LogP contribution in [-0.2, 0) is 6.18 Å². The molecule has 0 spiro atoms. The highest BCUT2D eigenvalue weighted by Crippen LogP contribution is 2.32. The van der Waals surface area contributed by atoms with E-state index >= 15 is 0 Å². The number of pyridine rings is 1. The Balaban J connectivity index is 1.96. The third kappa shape index (κ3) is 4.06. The Bertz CT molecular complexity index is 1050. The molecule has 2 aromatic heterocycles. The molecule has 0 aliphatic carbocycles. The fraction of sp³-hybridized carbons (Fsp3) is 0.118. The normalized spacial score (nSPS) is 11.5. The summed E-state index contributed by atoms with van der Waals surface area (Å²) in [6.07, 6.45) is -2.78. The summed E-state index contributed by atoms with van der Waals surface area (Å²) in [6, 6.07) is 6.87. The van der Waals surface area contributed by atoms with Crippen molar-refractivity contribution in [1.82, 2.24) is 14.8 Å². The average Bonchev–Trinajstić information content (AvgIpc) is 2.61. The molecular formula is C17H10Cl2F3N3O2. The molecule has 0 fully saturated rings. The molecule has 0 atom stereocenters. The summed E-state index contributed by atoms with van der Waals surface area (Å²) < 4.78 is 44.2. The number of benzene rings is 1. The summed E-state index contributed by atoms with van der Waals surface area (Å²) in [6.45, 7) is 1.83. The van der Waals surface area contributed by atoms with Crippen molar-refractivity contribution >= 4 is 23.2 Å². The quantitative estimate of drug-likeness (QED) is 0.600. The number of aromatic nitrogens is 3. The molecule has 140 valence electrons. The summed E-state index contributed by atoms with van der Waals surface area (Å²) in [5, 5.41) is 3.85. The Hall–Kier alpha value is -2.58. The lowest BCUT2D eigenvalue weighted by atomic mass is 10.2. The predicted octanol–water partition coefficient (Wildman–Crippen LogP) is 5.05. The van der Waals surface area contributed by atoms with Gasteiger partial charge in [0, 0.05) is 6.20 Å². The van der Waals surface area contributed by atoms with E-state index in [1.165, 1.54) is 0 Å². The van der Waals surface area contributed by atoms with Crippen LogP contribution in [0.15, 0.2) is 47.5 Å². The van der Waals surface area contributed by atoms with Gasteiger partial charge in [-0.15, -0.1) is 0 Å². The van der Waals surface area contributed by atoms with Crippen LogP contribution in [0.4, 0.5) is 13.2 Å². The summed E-state index contributed by atoms with van der Waals surface area (Å²) in [5.74, 6) is 0.123. The van der Waals surface area contributed by atoms with Crippen molar-refractivity contribution in [2.24, 2.45) is 0 Å². The van der Waals surface area contributed by atoms with Crippen molar-refractivity contribution in [3.63, 3.8) is 0 Å². The molecule has 0 radical (unpaired) electrons. The molecule has 3 rings (SSSR count). The van der Waals surface area contributed by atoms with Gasteiger partial charge in [0.2, 0.25) is 0 Å². The first-order valence-corrected chi connectivity index (χ1v) is 8.18. The number of hydrogen-bond donors (Lipinski definition) is 0. The van der Waals surface area contributed by atoms with Crippen molar-refractivity contribution in [1.29, 1.82) is 0 Å². The Morgan fingerprint density at radius 2 is 1.81 bits per heavy atom. The monoisotopic (exact) mass is 415 g/mol. The van der Waals surface area contributed by atoms with E-state index in [4.69, 9.17) is 27.9 Å². The van der Waals surface area contributed by atoms with Crippen molar-refractivity contribution < 1.29 is 17.9 Å². The van der Waals surface area contributed by atoms with E-state index in [0.717, 1.165) is 28.6 Å². The lowest BCUT2D eigenvalue weighted by Gasteiger charge is -2.11. The minimum Gasteiger partial charge on any atom is -0.452 e. The Morgan fingerprint density at radius 3 is 2.44 bits per heavy atom. The van der Waals surface area contributed by atoms with E-state index in [9.17, 15) is 18.0 Å². The number of rotatable bonds is 3. The first kappa shape index (κ1) is 19.2. The third-order valence-electron chi connectivity index (χ3n) is 3.49. The maximum absolute atomic E-state index is 12.6. The van der Waals surface area contributed by atoms with E-state index in [1.54, 1.807) is 18.2 Å². The number of nitrogens with zero attached hydrogens (tertiary/aromatic N) is 3. The second-order valence-electron chi connectivity index (χ2n) is 5.48. The number of aryl methyl sites for hydroxylation is 1. The van der Waals surface area contributed by atoms with Gasteiger partial charge in [-0.1, -0.05) is 29.3 Å². The molecule has 0 unspecified atom stereocenters. The first-order chi connectivity index (χ1) is 12.7. The van der Waals surface area contributed by atoms with E-state index in [2.05, 4.69) is 10.1 Å². The second-order valence-corrected chi connectivity index (χ2v) is 6.26. The number of halogens is 5. The summed E-state index contributed by atoms with van der Waals surface area (Å²) >= 11 is 12.1. The molecule has 3 aromatic rings. The molecule has 0 aliphatic rings. The highest BCUT2D eigenvalue weighted by molar-refractivity contribution is 6.32. The molecular weight excluding hydrogens is 406 g/mol. The van der Waals surface area contributed by atoms with Gasteiger partial charge in [-0.05, 0) is 36.8 Å². The standard InChI is InChI=1S/C17H10Cl2F3N3O2/c1-9-2-4-11(18)12(6-9)27-13-8-24-25(16(26)15(13)19)14-5-3-10(7-23-14)17(20,21)22/h2-8H,1H3. The highest BCUT2D eigenvalue weighted by atomic mass is 35.5. The fourth-order valence-electron chi connectivity index (χ4n) is 2.14.